The van der Waals surface area contributed by atoms with Gasteiger partial charge in [0.05, 0.1) is 12.2 Å². The van der Waals surface area contributed by atoms with Gasteiger partial charge in [0.2, 0.25) is 5.91 Å². The zero-order valence-electron chi connectivity index (χ0n) is 13.8. The van der Waals surface area contributed by atoms with Crippen LogP contribution in [0.1, 0.15) is 39.7 Å². The highest BCUT2D eigenvalue weighted by Gasteiger charge is 2.27. The summed E-state index contributed by atoms with van der Waals surface area (Å²) in [5.41, 5.74) is 2.30. The van der Waals surface area contributed by atoms with Crippen molar-refractivity contribution in [2.75, 3.05) is 11.9 Å². The number of hydrogen-bond acceptors (Lipinski definition) is 4. The molecule has 0 saturated carbocycles. The molecule has 1 aliphatic carbocycles. The number of carbonyl (C=O) groups is 2. The Morgan fingerprint density at radius 3 is 2.88 bits per heavy atom. The van der Waals surface area contributed by atoms with Gasteiger partial charge >= 0.3 is 5.97 Å². The van der Waals surface area contributed by atoms with Gasteiger partial charge in [0, 0.05) is 16.0 Å². The number of thiophene rings is 1. The highest BCUT2D eigenvalue weighted by atomic mass is 35.5. The Morgan fingerprint density at radius 1 is 1.32 bits per heavy atom. The van der Waals surface area contributed by atoms with Crippen LogP contribution in [0, 0.1) is 0 Å². The number of esters is 1. The molecule has 0 unspecified atom stereocenters. The van der Waals surface area contributed by atoms with E-state index in [1.807, 2.05) is 18.2 Å². The Kier molecular flexibility index (Phi) is 5.56. The topological polar surface area (TPSA) is 55.4 Å². The first kappa shape index (κ1) is 17.7. The lowest BCUT2D eigenvalue weighted by atomic mass is 10.1. The van der Waals surface area contributed by atoms with E-state index in [2.05, 4.69) is 5.32 Å². The van der Waals surface area contributed by atoms with Gasteiger partial charge in [-0.05, 0) is 49.5 Å². The molecule has 1 heterocycles. The van der Waals surface area contributed by atoms with E-state index in [1.54, 1.807) is 19.1 Å². The lowest BCUT2D eigenvalue weighted by molar-refractivity contribution is -0.111. The maximum atomic E-state index is 12.3. The van der Waals surface area contributed by atoms with Crippen LogP contribution < -0.4 is 5.32 Å². The SMILES string of the molecule is CCOC(=O)c1c(NC(=O)C=Cc2ccccc2Cl)sc2c1CCC2. The first-order valence-corrected chi connectivity index (χ1v) is 9.34. The average molecular weight is 376 g/mol. The molecule has 25 heavy (non-hydrogen) atoms. The Hall–Kier alpha value is -2.11. The number of carbonyl (C=O) groups excluding carboxylic acids is 2. The zero-order valence-corrected chi connectivity index (χ0v) is 15.4. The molecule has 6 heteroatoms. The summed E-state index contributed by atoms with van der Waals surface area (Å²) in [5, 5.41) is 3.96. The molecule has 1 aromatic carbocycles. The predicted octanol–water partition coefficient (Wildman–Crippen LogP) is 4.72. The number of amides is 1. The quantitative estimate of drug-likeness (QED) is 0.607. The number of nitrogens with one attached hydrogen (secondary N) is 1. The van der Waals surface area contributed by atoms with E-state index < -0.39 is 0 Å². The minimum Gasteiger partial charge on any atom is -0.462 e. The summed E-state index contributed by atoms with van der Waals surface area (Å²) in [6, 6.07) is 7.28. The van der Waals surface area contributed by atoms with Gasteiger partial charge in [0.15, 0.2) is 0 Å². The fraction of sp³-hybridized carbons (Fsp3) is 0.263. The third-order valence-electron chi connectivity index (χ3n) is 3.96. The maximum Gasteiger partial charge on any atom is 0.341 e. The summed E-state index contributed by atoms with van der Waals surface area (Å²) in [6.07, 6.45) is 5.90. The summed E-state index contributed by atoms with van der Waals surface area (Å²) in [6.45, 7) is 2.08. The third kappa shape index (κ3) is 3.94. The van der Waals surface area contributed by atoms with E-state index in [-0.39, 0.29) is 11.9 Å². The molecular weight excluding hydrogens is 358 g/mol. The molecule has 0 spiro atoms. The summed E-state index contributed by atoms with van der Waals surface area (Å²) >= 11 is 7.54. The fourth-order valence-electron chi connectivity index (χ4n) is 2.84. The van der Waals surface area contributed by atoms with Crippen LogP contribution in [-0.4, -0.2) is 18.5 Å². The number of fused-ring (bicyclic) bond motifs is 1. The van der Waals surface area contributed by atoms with Crippen molar-refractivity contribution in [3.05, 3.63) is 56.9 Å². The summed E-state index contributed by atoms with van der Waals surface area (Å²) in [7, 11) is 0. The minimum atomic E-state index is -0.368. The monoisotopic (exact) mass is 375 g/mol. The fourth-order valence-corrected chi connectivity index (χ4v) is 4.32. The van der Waals surface area contributed by atoms with Crippen LogP contribution >= 0.6 is 22.9 Å². The van der Waals surface area contributed by atoms with Crippen LogP contribution in [0.15, 0.2) is 30.3 Å². The molecule has 1 amide bonds. The van der Waals surface area contributed by atoms with Crippen molar-refractivity contribution in [1.29, 1.82) is 0 Å². The van der Waals surface area contributed by atoms with Crippen LogP contribution in [0.25, 0.3) is 6.08 Å². The standard InChI is InChI=1S/C19H18ClNO3S/c1-2-24-19(23)17-13-7-5-9-15(13)25-18(17)21-16(22)11-10-12-6-3-4-8-14(12)20/h3-4,6,8,10-11H,2,5,7,9H2,1H3,(H,21,22). The van der Waals surface area contributed by atoms with Crippen molar-refractivity contribution in [3.63, 3.8) is 0 Å². The van der Waals surface area contributed by atoms with Crippen LogP contribution in [0.4, 0.5) is 5.00 Å². The zero-order chi connectivity index (χ0) is 17.8. The smallest absolute Gasteiger partial charge is 0.341 e. The van der Waals surface area contributed by atoms with E-state index in [0.717, 1.165) is 35.3 Å². The number of ether oxygens (including phenoxy) is 1. The molecule has 1 aromatic heterocycles. The number of rotatable bonds is 5. The molecule has 0 saturated heterocycles. The first-order valence-electron chi connectivity index (χ1n) is 8.15. The first-order chi connectivity index (χ1) is 12.1. The Morgan fingerprint density at radius 2 is 2.12 bits per heavy atom. The van der Waals surface area contributed by atoms with Crippen molar-refractivity contribution in [3.8, 4) is 0 Å². The molecule has 3 rings (SSSR count). The molecule has 1 N–H and O–H groups in total. The predicted molar refractivity (Wildman–Crippen MR) is 101 cm³/mol. The summed E-state index contributed by atoms with van der Waals surface area (Å²) < 4.78 is 5.16. The van der Waals surface area contributed by atoms with Gasteiger partial charge in [0.25, 0.3) is 0 Å². The maximum absolute atomic E-state index is 12.3. The number of aryl methyl sites for hydroxylation is 1. The molecule has 0 fully saturated rings. The lowest BCUT2D eigenvalue weighted by Gasteiger charge is -2.06. The normalized spacial score (nSPS) is 13.0. The third-order valence-corrected chi connectivity index (χ3v) is 5.51. The molecule has 0 aliphatic heterocycles. The van der Waals surface area contributed by atoms with E-state index in [0.29, 0.717) is 22.2 Å². The lowest BCUT2D eigenvalue weighted by Crippen LogP contribution is -2.13. The van der Waals surface area contributed by atoms with Crippen molar-refractivity contribution >= 4 is 45.9 Å². The van der Waals surface area contributed by atoms with E-state index in [4.69, 9.17) is 16.3 Å². The van der Waals surface area contributed by atoms with Crippen molar-refractivity contribution in [1.82, 2.24) is 0 Å². The molecule has 0 radical (unpaired) electrons. The second-order valence-corrected chi connectivity index (χ2v) is 7.14. The second-order valence-electron chi connectivity index (χ2n) is 5.63. The van der Waals surface area contributed by atoms with Crippen LogP contribution in [0.5, 0.6) is 0 Å². The van der Waals surface area contributed by atoms with Crippen molar-refractivity contribution in [2.45, 2.75) is 26.2 Å². The Bertz CT molecular complexity index is 841. The van der Waals surface area contributed by atoms with E-state index >= 15 is 0 Å². The summed E-state index contributed by atoms with van der Waals surface area (Å²) in [5.74, 6) is -0.669. The van der Waals surface area contributed by atoms with Gasteiger partial charge in [-0.1, -0.05) is 29.8 Å². The molecule has 0 bridgehead atoms. The van der Waals surface area contributed by atoms with Crippen LogP contribution in [0.2, 0.25) is 5.02 Å². The molecule has 0 atom stereocenters. The highest BCUT2D eigenvalue weighted by Crippen LogP contribution is 2.39. The summed E-state index contributed by atoms with van der Waals surface area (Å²) in [4.78, 5) is 25.7. The van der Waals surface area contributed by atoms with Crippen LogP contribution in [0.3, 0.4) is 0 Å². The van der Waals surface area contributed by atoms with Gasteiger partial charge in [-0.3, -0.25) is 4.79 Å². The van der Waals surface area contributed by atoms with Crippen LogP contribution in [-0.2, 0) is 22.4 Å². The molecule has 4 nitrogen and oxygen atoms in total. The van der Waals surface area contributed by atoms with Crippen molar-refractivity contribution < 1.29 is 14.3 Å². The van der Waals surface area contributed by atoms with Gasteiger partial charge in [0.1, 0.15) is 5.00 Å². The molecular formula is C19H18ClNO3S. The van der Waals surface area contributed by atoms with Gasteiger partial charge in [-0.25, -0.2) is 4.79 Å². The second kappa shape index (κ2) is 7.85. The highest BCUT2D eigenvalue weighted by molar-refractivity contribution is 7.17. The van der Waals surface area contributed by atoms with Gasteiger partial charge < -0.3 is 10.1 Å². The minimum absolute atomic E-state index is 0.301. The molecule has 130 valence electrons. The molecule has 2 aromatic rings. The Balaban J connectivity index is 1.80. The van der Waals surface area contributed by atoms with E-state index in [1.165, 1.54) is 17.4 Å². The number of benzene rings is 1. The Labute approximate surface area is 155 Å². The van der Waals surface area contributed by atoms with Crippen molar-refractivity contribution in [2.24, 2.45) is 0 Å². The van der Waals surface area contributed by atoms with Gasteiger partial charge in [-0.15, -0.1) is 11.3 Å². The van der Waals surface area contributed by atoms with Gasteiger partial charge in [-0.2, -0.15) is 0 Å². The number of hydrogen-bond donors (Lipinski definition) is 1. The van der Waals surface area contributed by atoms with E-state index in [9.17, 15) is 9.59 Å². The largest absolute Gasteiger partial charge is 0.462 e. The average Bonchev–Trinajstić information content (AvgIpc) is 3.14. The number of halogens is 1. The number of anilines is 1. The molecule has 1 aliphatic rings.